The first-order chi connectivity index (χ1) is 8.35. The van der Waals surface area contributed by atoms with Crippen molar-refractivity contribution in [2.24, 2.45) is 5.14 Å². The number of rotatable bonds is 4. The molecule has 2 rings (SSSR count). The number of H-pyrrole nitrogens is 1. The lowest BCUT2D eigenvalue weighted by Gasteiger charge is -1.92. The maximum Gasteiger partial charge on any atom is 0.352 e. The summed E-state index contributed by atoms with van der Waals surface area (Å²) in [4.78, 5) is 17.4. The van der Waals surface area contributed by atoms with E-state index in [0.717, 1.165) is 11.3 Å². The van der Waals surface area contributed by atoms with Crippen LogP contribution in [0.15, 0.2) is 17.6 Å². The third-order valence-corrected chi connectivity index (χ3v) is 3.79. The molecule has 2 aromatic rings. The Morgan fingerprint density at radius 3 is 2.83 bits per heavy atom. The number of hydrogen-bond acceptors (Lipinski definition) is 5. The average Bonchev–Trinajstić information content (AvgIpc) is 2.81. The van der Waals surface area contributed by atoms with Crippen LogP contribution < -0.4 is 5.14 Å². The van der Waals surface area contributed by atoms with Crippen LogP contribution in [0.3, 0.4) is 0 Å². The van der Waals surface area contributed by atoms with Gasteiger partial charge in [-0.1, -0.05) is 0 Å². The Hall–Kier alpha value is -1.71. The minimum absolute atomic E-state index is 0.0472. The van der Waals surface area contributed by atoms with E-state index in [9.17, 15) is 13.2 Å². The average molecular weight is 287 g/mol. The molecule has 0 aromatic carbocycles. The summed E-state index contributed by atoms with van der Waals surface area (Å²) in [5.74, 6) is -1.39. The molecule has 0 amide bonds. The summed E-state index contributed by atoms with van der Waals surface area (Å²) in [6.45, 7) is 0. The molecule has 0 spiro atoms. The van der Waals surface area contributed by atoms with Gasteiger partial charge in [-0.15, -0.1) is 11.3 Å². The molecule has 0 saturated carbocycles. The van der Waals surface area contributed by atoms with E-state index in [1.807, 2.05) is 0 Å². The summed E-state index contributed by atoms with van der Waals surface area (Å²) in [7, 11) is -3.61. The summed E-state index contributed by atoms with van der Waals surface area (Å²) in [6, 6.07) is 1.43. The van der Waals surface area contributed by atoms with E-state index < -0.39 is 16.0 Å². The number of nitrogens with zero attached hydrogens (tertiary/aromatic N) is 1. The monoisotopic (exact) mass is 287 g/mol. The Balaban J connectivity index is 2.26. The highest BCUT2D eigenvalue weighted by Crippen LogP contribution is 2.23. The van der Waals surface area contributed by atoms with E-state index in [-0.39, 0.29) is 11.4 Å². The standard InChI is InChI=1S/C9H9N3O4S2/c10-18(15,16)4-8-12-7(3-17-8)5-1-6(9(13)14)11-2-5/h1-3,11H,4H2,(H,13,14)(H2,10,15,16). The van der Waals surface area contributed by atoms with Gasteiger partial charge in [-0.3, -0.25) is 0 Å². The van der Waals surface area contributed by atoms with Crippen LogP contribution in [0.2, 0.25) is 0 Å². The van der Waals surface area contributed by atoms with Crippen molar-refractivity contribution in [1.29, 1.82) is 0 Å². The van der Waals surface area contributed by atoms with Gasteiger partial charge in [-0.2, -0.15) is 0 Å². The molecule has 0 atom stereocenters. The van der Waals surface area contributed by atoms with E-state index in [2.05, 4.69) is 9.97 Å². The number of hydrogen-bond donors (Lipinski definition) is 3. The van der Waals surface area contributed by atoms with Crippen LogP contribution in [0, 0.1) is 0 Å². The number of carbonyl (C=O) groups is 1. The van der Waals surface area contributed by atoms with Crippen LogP contribution in [0.1, 0.15) is 15.5 Å². The topological polar surface area (TPSA) is 126 Å². The lowest BCUT2D eigenvalue weighted by atomic mass is 10.2. The SMILES string of the molecule is NS(=O)(=O)Cc1nc(-c2c[nH]c(C(=O)O)c2)cs1. The van der Waals surface area contributed by atoms with Gasteiger partial charge >= 0.3 is 5.97 Å². The molecular weight excluding hydrogens is 278 g/mol. The third-order valence-electron chi connectivity index (χ3n) is 2.09. The number of nitrogens with one attached hydrogen (secondary N) is 1. The number of nitrogens with two attached hydrogens (primary N) is 1. The third kappa shape index (κ3) is 2.94. The molecule has 0 bridgehead atoms. The molecule has 9 heteroatoms. The molecule has 0 aliphatic heterocycles. The maximum absolute atomic E-state index is 10.9. The van der Waals surface area contributed by atoms with Crippen molar-refractivity contribution in [1.82, 2.24) is 9.97 Å². The van der Waals surface area contributed by atoms with E-state index >= 15 is 0 Å². The van der Waals surface area contributed by atoms with E-state index in [0.29, 0.717) is 16.3 Å². The summed E-state index contributed by atoms with van der Waals surface area (Å²) < 4.78 is 21.8. The van der Waals surface area contributed by atoms with Crippen LogP contribution in [0.25, 0.3) is 11.3 Å². The lowest BCUT2D eigenvalue weighted by molar-refractivity contribution is 0.0691. The minimum Gasteiger partial charge on any atom is -0.477 e. The van der Waals surface area contributed by atoms with Crippen molar-refractivity contribution in [2.45, 2.75) is 5.75 Å². The molecule has 0 saturated heterocycles. The summed E-state index contributed by atoms with van der Waals surface area (Å²) >= 11 is 1.16. The van der Waals surface area contributed by atoms with Crippen molar-refractivity contribution < 1.29 is 18.3 Å². The highest BCUT2D eigenvalue weighted by Gasteiger charge is 2.13. The molecule has 0 fully saturated rings. The number of aromatic nitrogens is 2. The van der Waals surface area contributed by atoms with Gasteiger partial charge in [0.05, 0.1) is 5.69 Å². The second-order valence-electron chi connectivity index (χ2n) is 3.54. The van der Waals surface area contributed by atoms with Crippen LogP contribution in [-0.4, -0.2) is 29.5 Å². The predicted molar refractivity (Wildman–Crippen MR) is 65.7 cm³/mol. The van der Waals surface area contributed by atoms with Gasteiger partial charge in [0.25, 0.3) is 0 Å². The fourth-order valence-electron chi connectivity index (χ4n) is 1.35. The Kier molecular flexibility index (Phi) is 3.20. The smallest absolute Gasteiger partial charge is 0.352 e. The van der Waals surface area contributed by atoms with Gasteiger partial charge in [0.15, 0.2) is 0 Å². The second-order valence-corrected chi connectivity index (χ2v) is 6.10. The van der Waals surface area contributed by atoms with Crippen molar-refractivity contribution >= 4 is 27.3 Å². The maximum atomic E-state index is 10.9. The van der Waals surface area contributed by atoms with E-state index in [4.69, 9.17) is 10.2 Å². The largest absolute Gasteiger partial charge is 0.477 e. The van der Waals surface area contributed by atoms with Gasteiger partial charge < -0.3 is 10.1 Å². The Labute approximate surface area is 106 Å². The normalized spacial score (nSPS) is 11.6. The first-order valence-electron chi connectivity index (χ1n) is 4.72. The van der Waals surface area contributed by atoms with Crippen LogP contribution in [0.4, 0.5) is 0 Å². The number of sulfonamides is 1. The van der Waals surface area contributed by atoms with Crippen LogP contribution >= 0.6 is 11.3 Å². The highest BCUT2D eigenvalue weighted by molar-refractivity contribution is 7.88. The Morgan fingerprint density at radius 2 is 2.28 bits per heavy atom. The predicted octanol–water partition coefficient (Wildman–Crippen LogP) is 0.625. The number of carboxylic acid groups (broad SMARTS) is 1. The zero-order valence-corrected chi connectivity index (χ0v) is 10.6. The summed E-state index contributed by atoms with van der Waals surface area (Å²) in [5, 5.41) is 15.7. The van der Waals surface area contributed by atoms with Crippen LogP contribution in [0.5, 0.6) is 0 Å². The molecule has 7 nitrogen and oxygen atoms in total. The fourth-order valence-corrected chi connectivity index (χ4v) is 3.11. The molecule has 18 heavy (non-hydrogen) atoms. The summed E-state index contributed by atoms with van der Waals surface area (Å²) in [6.07, 6.45) is 1.50. The van der Waals surface area contributed by atoms with Crippen LogP contribution in [-0.2, 0) is 15.8 Å². The lowest BCUT2D eigenvalue weighted by Crippen LogP contribution is -2.14. The quantitative estimate of drug-likeness (QED) is 0.760. The second kappa shape index (κ2) is 4.52. The number of thiazole rings is 1. The van der Waals surface area contributed by atoms with Gasteiger partial charge in [0.1, 0.15) is 16.5 Å². The number of aromatic carboxylic acids is 1. The molecule has 96 valence electrons. The fraction of sp³-hybridized carbons (Fsp3) is 0.111. The van der Waals surface area contributed by atoms with Crippen molar-refractivity contribution in [2.75, 3.05) is 0 Å². The Bertz CT molecular complexity index is 686. The number of aromatic amines is 1. The first kappa shape index (κ1) is 12.7. The molecule has 4 N–H and O–H groups in total. The van der Waals surface area contributed by atoms with Gasteiger partial charge in [0.2, 0.25) is 10.0 Å². The molecule has 2 heterocycles. The van der Waals surface area contributed by atoms with Crippen molar-refractivity contribution in [3.05, 3.63) is 28.3 Å². The number of carboxylic acids is 1. The Morgan fingerprint density at radius 1 is 1.56 bits per heavy atom. The van der Waals surface area contributed by atoms with Gasteiger partial charge in [0, 0.05) is 17.1 Å². The van der Waals surface area contributed by atoms with Crippen molar-refractivity contribution in [3.8, 4) is 11.3 Å². The molecular formula is C9H9N3O4S2. The highest BCUT2D eigenvalue weighted by atomic mass is 32.2. The van der Waals surface area contributed by atoms with Gasteiger partial charge in [-0.25, -0.2) is 23.3 Å². The molecule has 0 unspecified atom stereocenters. The molecule has 0 radical (unpaired) electrons. The molecule has 2 aromatic heterocycles. The van der Waals surface area contributed by atoms with E-state index in [1.54, 1.807) is 5.38 Å². The van der Waals surface area contributed by atoms with Crippen molar-refractivity contribution in [3.63, 3.8) is 0 Å². The van der Waals surface area contributed by atoms with Gasteiger partial charge in [-0.05, 0) is 6.07 Å². The zero-order valence-electron chi connectivity index (χ0n) is 8.95. The van der Waals surface area contributed by atoms with E-state index in [1.165, 1.54) is 12.3 Å². The minimum atomic E-state index is -3.61. The zero-order chi connectivity index (χ0) is 13.3. The molecule has 0 aliphatic rings. The number of primary sulfonamides is 1. The summed E-state index contributed by atoms with van der Waals surface area (Å²) in [5.41, 5.74) is 1.15. The first-order valence-corrected chi connectivity index (χ1v) is 7.31. The molecule has 0 aliphatic carbocycles.